The summed E-state index contributed by atoms with van der Waals surface area (Å²) in [5.74, 6) is 0. The van der Waals surface area contributed by atoms with E-state index in [1.165, 1.54) is 27.6 Å². The third-order valence-electron chi connectivity index (χ3n) is 5.16. The Kier molecular flexibility index (Phi) is 4.20. The lowest BCUT2D eigenvalue weighted by Gasteiger charge is -2.26. The van der Waals surface area contributed by atoms with Crippen molar-refractivity contribution in [3.8, 4) is 5.69 Å². The van der Waals surface area contributed by atoms with Gasteiger partial charge in [-0.05, 0) is 37.1 Å². The van der Waals surface area contributed by atoms with Gasteiger partial charge in [-0.25, -0.2) is 0 Å². The summed E-state index contributed by atoms with van der Waals surface area (Å²) in [4.78, 5) is 27.0. The lowest BCUT2D eigenvalue weighted by molar-refractivity contribution is -0.137. The van der Waals surface area contributed by atoms with Crippen molar-refractivity contribution >= 4 is 11.0 Å². The van der Waals surface area contributed by atoms with Gasteiger partial charge in [0.1, 0.15) is 0 Å². The number of alkyl halides is 3. The second kappa shape index (κ2) is 6.44. The van der Waals surface area contributed by atoms with Crippen molar-refractivity contribution in [2.75, 3.05) is 0 Å². The zero-order chi connectivity index (χ0) is 19.2. The molecule has 3 aromatic rings. The van der Waals surface area contributed by atoms with E-state index in [4.69, 9.17) is 0 Å². The number of rotatable bonds is 2. The van der Waals surface area contributed by atoms with E-state index in [1.54, 1.807) is 12.1 Å². The molecule has 1 saturated carbocycles. The van der Waals surface area contributed by atoms with Gasteiger partial charge in [-0.1, -0.05) is 19.3 Å². The van der Waals surface area contributed by atoms with E-state index in [2.05, 4.69) is 4.98 Å². The molecule has 2 aromatic heterocycles. The SMILES string of the molecule is O=c1[nH]c2cc(C(F)(F)F)c(-n3cccc3)cc2n(C2CCCCC2)c1=O. The molecule has 0 radical (unpaired) electrons. The van der Waals surface area contributed by atoms with Crippen LogP contribution in [0, 0.1) is 0 Å². The summed E-state index contributed by atoms with van der Waals surface area (Å²) in [6.07, 6.45) is 2.82. The van der Waals surface area contributed by atoms with Gasteiger partial charge in [0.05, 0.1) is 22.3 Å². The molecule has 0 spiro atoms. The number of nitrogens with one attached hydrogen (secondary N) is 1. The number of nitrogens with zero attached hydrogens (tertiary/aromatic N) is 2. The zero-order valence-electron chi connectivity index (χ0n) is 14.4. The highest BCUT2D eigenvalue weighted by Crippen LogP contribution is 2.37. The highest BCUT2D eigenvalue weighted by molar-refractivity contribution is 5.79. The third-order valence-corrected chi connectivity index (χ3v) is 5.16. The second-order valence-electron chi connectivity index (χ2n) is 6.90. The van der Waals surface area contributed by atoms with Crippen molar-refractivity contribution in [2.24, 2.45) is 0 Å². The maximum atomic E-state index is 13.6. The molecule has 5 nitrogen and oxygen atoms in total. The van der Waals surface area contributed by atoms with E-state index in [9.17, 15) is 22.8 Å². The number of hydrogen-bond acceptors (Lipinski definition) is 2. The number of halogens is 3. The largest absolute Gasteiger partial charge is 0.418 e. The Labute approximate surface area is 152 Å². The van der Waals surface area contributed by atoms with Gasteiger partial charge in [-0.2, -0.15) is 13.2 Å². The van der Waals surface area contributed by atoms with Crippen LogP contribution >= 0.6 is 0 Å². The van der Waals surface area contributed by atoms with Crippen molar-refractivity contribution in [3.63, 3.8) is 0 Å². The van der Waals surface area contributed by atoms with Crippen molar-refractivity contribution < 1.29 is 13.2 Å². The van der Waals surface area contributed by atoms with Crippen molar-refractivity contribution in [2.45, 2.75) is 44.3 Å². The number of benzene rings is 1. The molecule has 0 aliphatic heterocycles. The first-order valence-corrected chi connectivity index (χ1v) is 8.89. The van der Waals surface area contributed by atoms with Gasteiger partial charge in [-0.15, -0.1) is 0 Å². The van der Waals surface area contributed by atoms with Gasteiger partial charge < -0.3 is 9.55 Å². The van der Waals surface area contributed by atoms with Crippen LogP contribution in [0.15, 0.2) is 46.2 Å². The lowest BCUT2D eigenvalue weighted by Crippen LogP contribution is -2.39. The van der Waals surface area contributed by atoms with Crippen LogP contribution in [-0.2, 0) is 6.18 Å². The summed E-state index contributed by atoms with van der Waals surface area (Å²) in [5.41, 5.74) is -2.20. The van der Waals surface area contributed by atoms with Crippen LogP contribution in [0.3, 0.4) is 0 Å². The monoisotopic (exact) mass is 377 g/mol. The fourth-order valence-electron chi connectivity index (χ4n) is 3.91. The van der Waals surface area contributed by atoms with Crippen LogP contribution in [0.2, 0.25) is 0 Å². The highest BCUT2D eigenvalue weighted by Gasteiger charge is 2.35. The average molecular weight is 377 g/mol. The topological polar surface area (TPSA) is 59.8 Å². The Bertz CT molecular complexity index is 1090. The second-order valence-corrected chi connectivity index (χ2v) is 6.90. The van der Waals surface area contributed by atoms with E-state index in [1.807, 2.05) is 0 Å². The standard InChI is InChI=1S/C19H18F3N3O2/c20-19(21,22)13-10-14-16(11-15(13)24-8-4-5-9-24)25(18(27)17(26)23-14)12-6-2-1-3-7-12/h4-5,8-12H,1-3,6-7H2,(H,23,26). The molecule has 1 N–H and O–H groups in total. The Hall–Kier alpha value is -2.77. The summed E-state index contributed by atoms with van der Waals surface area (Å²) in [6, 6.07) is 5.36. The Morgan fingerprint density at radius 3 is 2.30 bits per heavy atom. The third kappa shape index (κ3) is 3.09. The van der Waals surface area contributed by atoms with Crippen LogP contribution in [0.1, 0.15) is 43.7 Å². The molecule has 0 atom stereocenters. The molecule has 27 heavy (non-hydrogen) atoms. The summed E-state index contributed by atoms with van der Waals surface area (Å²) < 4.78 is 43.6. The van der Waals surface area contributed by atoms with Crippen LogP contribution < -0.4 is 11.1 Å². The first kappa shape index (κ1) is 17.6. The zero-order valence-corrected chi connectivity index (χ0v) is 14.4. The molecule has 4 rings (SSSR count). The van der Waals surface area contributed by atoms with Gasteiger partial charge in [-0.3, -0.25) is 14.2 Å². The van der Waals surface area contributed by atoms with Crippen LogP contribution in [-0.4, -0.2) is 14.1 Å². The highest BCUT2D eigenvalue weighted by atomic mass is 19.4. The van der Waals surface area contributed by atoms with E-state index in [-0.39, 0.29) is 17.2 Å². The molecule has 1 aromatic carbocycles. The van der Waals surface area contributed by atoms with Crippen LogP contribution in [0.5, 0.6) is 0 Å². The summed E-state index contributed by atoms with van der Waals surface area (Å²) in [7, 11) is 0. The number of aromatic nitrogens is 3. The van der Waals surface area contributed by atoms with E-state index < -0.39 is 22.9 Å². The minimum Gasteiger partial charge on any atom is -0.323 e. The molecule has 0 bridgehead atoms. The first-order valence-electron chi connectivity index (χ1n) is 8.89. The van der Waals surface area contributed by atoms with Crippen molar-refractivity contribution in [3.05, 3.63) is 62.9 Å². The predicted molar refractivity (Wildman–Crippen MR) is 95.3 cm³/mol. The first-order chi connectivity index (χ1) is 12.9. The number of hydrogen-bond donors (Lipinski definition) is 1. The maximum Gasteiger partial charge on any atom is 0.418 e. The molecule has 1 fully saturated rings. The Morgan fingerprint density at radius 2 is 1.67 bits per heavy atom. The number of aromatic amines is 1. The molecule has 0 saturated heterocycles. The van der Waals surface area contributed by atoms with E-state index in [0.29, 0.717) is 5.52 Å². The molecule has 0 amide bonds. The van der Waals surface area contributed by atoms with E-state index >= 15 is 0 Å². The summed E-state index contributed by atoms with van der Waals surface area (Å²) >= 11 is 0. The predicted octanol–water partition coefficient (Wildman–Crippen LogP) is 4.00. The molecular weight excluding hydrogens is 359 g/mol. The van der Waals surface area contributed by atoms with Gasteiger partial charge in [0.25, 0.3) is 0 Å². The smallest absolute Gasteiger partial charge is 0.323 e. The van der Waals surface area contributed by atoms with Crippen molar-refractivity contribution in [1.82, 2.24) is 14.1 Å². The minimum atomic E-state index is -4.60. The normalized spacial score (nSPS) is 16.1. The Balaban J connectivity index is 2.06. The van der Waals surface area contributed by atoms with Gasteiger partial charge in [0, 0.05) is 18.4 Å². The molecule has 8 heteroatoms. The van der Waals surface area contributed by atoms with Gasteiger partial charge in [0.2, 0.25) is 0 Å². The number of fused-ring (bicyclic) bond motifs is 1. The van der Waals surface area contributed by atoms with Crippen LogP contribution in [0.25, 0.3) is 16.7 Å². The fraction of sp³-hybridized carbons (Fsp3) is 0.368. The van der Waals surface area contributed by atoms with Crippen LogP contribution in [0.4, 0.5) is 13.2 Å². The quantitative estimate of drug-likeness (QED) is 0.686. The molecule has 142 valence electrons. The molecule has 1 aliphatic carbocycles. The Morgan fingerprint density at radius 1 is 1.00 bits per heavy atom. The molecule has 1 aliphatic rings. The molecule has 2 heterocycles. The minimum absolute atomic E-state index is 0.0217. The van der Waals surface area contributed by atoms with Crippen molar-refractivity contribution in [1.29, 1.82) is 0 Å². The summed E-state index contributed by atoms with van der Waals surface area (Å²) in [5, 5.41) is 0. The number of H-pyrrole nitrogens is 1. The molecule has 0 unspecified atom stereocenters. The van der Waals surface area contributed by atoms with E-state index in [0.717, 1.165) is 38.2 Å². The lowest BCUT2D eigenvalue weighted by atomic mass is 9.95. The fourth-order valence-corrected chi connectivity index (χ4v) is 3.91. The maximum absolute atomic E-state index is 13.6. The molecular formula is C19H18F3N3O2. The van der Waals surface area contributed by atoms with Gasteiger partial charge >= 0.3 is 17.3 Å². The summed E-state index contributed by atoms with van der Waals surface area (Å²) in [6.45, 7) is 0. The average Bonchev–Trinajstić information content (AvgIpc) is 3.16. The van der Waals surface area contributed by atoms with Gasteiger partial charge in [0.15, 0.2) is 0 Å².